The lowest BCUT2D eigenvalue weighted by molar-refractivity contribution is -0.144. The molecule has 1 amide bonds. The zero-order chi connectivity index (χ0) is 30.9. The number of hydrazone groups is 1. The highest BCUT2D eigenvalue weighted by molar-refractivity contribution is 5.92. The number of hydrogen-bond donors (Lipinski definition) is 2. The molecule has 10 heteroatoms. The van der Waals surface area contributed by atoms with Gasteiger partial charge in [0.15, 0.2) is 23.4 Å². The zero-order valence-corrected chi connectivity index (χ0v) is 24.6. The van der Waals surface area contributed by atoms with Crippen molar-refractivity contribution in [2.45, 2.75) is 46.8 Å². The fourth-order valence-electron chi connectivity index (χ4n) is 4.41. The summed E-state index contributed by atoms with van der Waals surface area (Å²) in [6.07, 6.45) is 2.45. The Hall–Kier alpha value is -5.25. The van der Waals surface area contributed by atoms with Gasteiger partial charge in [-0.3, -0.25) is 4.79 Å². The van der Waals surface area contributed by atoms with Gasteiger partial charge in [0, 0.05) is 22.6 Å². The molecule has 2 heterocycles. The lowest BCUT2D eigenvalue weighted by Crippen LogP contribution is -2.24. The minimum atomic E-state index is -1.10. The molecule has 0 saturated carbocycles. The van der Waals surface area contributed by atoms with E-state index in [9.17, 15) is 14.7 Å². The summed E-state index contributed by atoms with van der Waals surface area (Å²) in [5.41, 5.74) is 7.08. The van der Waals surface area contributed by atoms with Crippen LogP contribution in [0.1, 0.15) is 52.7 Å². The molecule has 0 spiro atoms. The molecular formula is C33H35N3O7. The standard InChI is InChI=1S/C33H35N3O7/c1-6-8-25-17-24(18-30(40-7-2)31(25)42-23(5)33(38)39)19-34-35-32(37)29-16-15-28(43-29)20-41-27-13-11-26(12-14-27)36-21(3)9-10-22(36)4/h6,9-19,23H,1,7-8,20H2,2-5H3,(H,35,37)(H,38,39)/b34-19+/t23-/m0/s1. The molecule has 43 heavy (non-hydrogen) atoms. The third-order valence-electron chi connectivity index (χ3n) is 6.47. The first-order valence-electron chi connectivity index (χ1n) is 13.8. The Labute approximate surface area is 250 Å². The number of nitrogens with zero attached hydrogens (tertiary/aromatic N) is 2. The molecule has 0 aliphatic carbocycles. The van der Waals surface area contributed by atoms with Gasteiger partial charge in [0.1, 0.15) is 18.1 Å². The molecule has 2 N–H and O–H groups in total. The first-order chi connectivity index (χ1) is 20.7. The van der Waals surface area contributed by atoms with Crippen LogP contribution in [-0.2, 0) is 17.8 Å². The first-order valence-corrected chi connectivity index (χ1v) is 13.8. The highest BCUT2D eigenvalue weighted by Gasteiger charge is 2.20. The number of aliphatic carboxylic acids is 1. The number of allylic oxidation sites excluding steroid dienone is 1. The fourth-order valence-corrected chi connectivity index (χ4v) is 4.41. The summed E-state index contributed by atoms with van der Waals surface area (Å²) in [6.45, 7) is 11.6. The van der Waals surface area contributed by atoms with Crippen LogP contribution >= 0.6 is 0 Å². The van der Waals surface area contributed by atoms with Crippen molar-refractivity contribution in [1.29, 1.82) is 0 Å². The van der Waals surface area contributed by atoms with E-state index in [4.69, 9.17) is 18.6 Å². The van der Waals surface area contributed by atoms with E-state index in [1.54, 1.807) is 30.3 Å². The summed E-state index contributed by atoms with van der Waals surface area (Å²) in [4.78, 5) is 24.0. The molecule has 1 atom stereocenters. The van der Waals surface area contributed by atoms with Crippen LogP contribution in [0.3, 0.4) is 0 Å². The van der Waals surface area contributed by atoms with Crippen molar-refractivity contribution in [2.24, 2.45) is 5.10 Å². The summed E-state index contributed by atoms with van der Waals surface area (Å²) in [5, 5.41) is 13.3. The van der Waals surface area contributed by atoms with Gasteiger partial charge in [0.05, 0.1) is 12.8 Å². The zero-order valence-electron chi connectivity index (χ0n) is 24.6. The Kier molecular flexibility index (Phi) is 10.1. The summed E-state index contributed by atoms with van der Waals surface area (Å²) < 4.78 is 25.0. The average Bonchev–Trinajstić information content (AvgIpc) is 3.60. The number of ether oxygens (including phenoxy) is 3. The number of benzene rings is 2. The summed E-state index contributed by atoms with van der Waals surface area (Å²) in [5.74, 6) is 0.300. The molecule has 4 aromatic rings. The number of carboxylic acids is 1. The lowest BCUT2D eigenvalue weighted by atomic mass is 10.1. The second-order valence-electron chi connectivity index (χ2n) is 9.73. The number of rotatable bonds is 14. The summed E-state index contributed by atoms with van der Waals surface area (Å²) >= 11 is 0. The van der Waals surface area contributed by atoms with Crippen molar-refractivity contribution in [3.8, 4) is 22.9 Å². The minimum absolute atomic E-state index is 0.0819. The fraction of sp³-hybridized carbons (Fsp3) is 0.242. The van der Waals surface area contributed by atoms with Crippen molar-refractivity contribution in [2.75, 3.05) is 6.61 Å². The normalized spacial score (nSPS) is 11.7. The van der Waals surface area contributed by atoms with Gasteiger partial charge in [-0.1, -0.05) is 6.08 Å². The van der Waals surface area contributed by atoms with Crippen LogP contribution in [0.2, 0.25) is 0 Å². The molecule has 224 valence electrons. The van der Waals surface area contributed by atoms with E-state index in [0.717, 1.165) is 17.1 Å². The second-order valence-corrected chi connectivity index (χ2v) is 9.73. The third-order valence-corrected chi connectivity index (χ3v) is 6.47. The molecule has 0 bridgehead atoms. The highest BCUT2D eigenvalue weighted by atomic mass is 16.5. The maximum absolute atomic E-state index is 12.6. The average molecular weight is 586 g/mol. The van der Waals surface area contributed by atoms with Gasteiger partial charge in [-0.05, 0) is 100 Å². The number of carbonyl (C=O) groups is 2. The lowest BCUT2D eigenvalue weighted by Gasteiger charge is -2.18. The molecule has 0 saturated heterocycles. The van der Waals surface area contributed by atoms with E-state index in [1.807, 2.05) is 31.2 Å². The molecule has 0 fully saturated rings. The molecule has 0 radical (unpaired) electrons. The molecule has 0 unspecified atom stereocenters. The minimum Gasteiger partial charge on any atom is -0.490 e. The number of aromatic nitrogens is 1. The van der Waals surface area contributed by atoms with E-state index in [0.29, 0.717) is 47.2 Å². The topological polar surface area (TPSA) is 125 Å². The van der Waals surface area contributed by atoms with Crippen LogP contribution in [0.25, 0.3) is 5.69 Å². The molecule has 2 aromatic carbocycles. The molecule has 0 aliphatic heterocycles. The highest BCUT2D eigenvalue weighted by Crippen LogP contribution is 2.34. The number of carbonyl (C=O) groups excluding carboxylic acids is 1. The molecule has 2 aromatic heterocycles. The number of amides is 1. The Morgan fingerprint density at radius 3 is 2.44 bits per heavy atom. The SMILES string of the molecule is C=CCc1cc(/C=N/NC(=O)c2ccc(COc3ccc(-n4c(C)ccc4C)cc3)o2)cc(OCC)c1O[C@@H](C)C(=O)O. The van der Waals surface area contributed by atoms with Gasteiger partial charge in [0.25, 0.3) is 0 Å². The van der Waals surface area contributed by atoms with Gasteiger partial charge in [-0.25, -0.2) is 10.2 Å². The van der Waals surface area contributed by atoms with E-state index >= 15 is 0 Å². The maximum Gasteiger partial charge on any atom is 0.344 e. The van der Waals surface area contributed by atoms with Crippen molar-refractivity contribution in [3.63, 3.8) is 0 Å². The van der Waals surface area contributed by atoms with Crippen LogP contribution in [0.4, 0.5) is 0 Å². The largest absolute Gasteiger partial charge is 0.490 e. The molecule has 0 aliphatic rings. The maximum atomic E-state index is 12.6. The predicted octanol–water partition coefficient (Wildman–Crippen LogP) is 6.01. The second kappa shape index (κ2) is 14.1. The quantitative estimate of drug-likeness (QED) is 0.106. The van der Waals surface area contributed by atoms with E-state index in [2.05, 4.69) is 47.7 Å². The smallest absolute Gasteiger partial charge is 0.344 e. The number of carboxylic acid groups (broad SMARTS) is 1. The summed E-state index contributed by atoms with van der Waals surface area (Å²) in [6, 6.07) is 18.6. The Bertz CT molecular complexity index is 1600. The van der Waals surface area contributed by atoms with Crippen molar-refractivity contribution in [1.82, 2.24) is 9.99 Å². The molecular weight excluding hydrogens is 550 g/mol. The number of aryl methyl sites for hydroxylation is 2. The van der Waals surface area contributed by atoms with Gasteiger partial charge >= 0.3 is 11.9 Å². The van der Waals surface area contributed by atoms with Crippen molar-refractivity contribution in [3.05, 3.63) is 107 Å². The van der Waals surface area contributed by atoms with Gasteiger partial charge in [0.2, 0.25) is 0 Å². The summed E-state index contributed by atoms with van der Waals surface area (Å²) in [7, 11) is 0. The number of furan rings is 1. The monoisotopic (exact) mass is 585 g/mol. The van der Waals surface area contributed by atoms with Gasteiger partial charge in [-0.15, -0.1) is 6.58 Å². The molecule has 10 nitrogen and oxygen atoms in total. The van der Waals surface area contributed by atoms with E-state index in [1.165, 1.54) is 13.1 Å². The van der Waals surface area contributed by atoms with Crippen molar-refractivity contribution < 1.29 is 33.3 Å². The van der Waals surface area contributed by atoms with Gasteiger partial charge in [-0.2, -0.15) is 5.10 Å². The Morgan fingerprint density at radius 2 is 1.79 bits per heavy atom. The van der Waals surface area contributed by atoms with Crippen molar-refractivity contribution >= 4 is 18.1 Å². The van der Waals surface area contributed by atoms with E-state index < -0.39 is 18.0 Å². The van der Waals surface area contributed by atoms with Crippen LogP contribution in [0.5, 0.6) is 17.2 Å². The Balaban J connectivity index is 1.37. The number of hydrogen-bond acceptors (Lipinski definition) is 7. The Morgan fingerprint density at radius 1 is 1.07 bits per heavy atom. The predicted molar refractivity (Wildman–Crippen MR) is 163 cm³/mol. The first kappa shape index (κ1) is 30.7. The van der Waals surface area contributed by atoms with Crippen LogP contribution in [0.15, 0.2) is 82.8 Å². The van der Waals surface area contributed by atoms with Crippen LogP contribution in [-0.4, -0.2) is 40.5 Å². The van der Waals surface area contributed by atoms with Crippen LogP contribution < -0.4 is 19.6 Å². The third kappa shape index (κ3) is 7.73. The molecule has 4 rings (SSSR count). The van der Waals surface area contributed by atoms with E-state index in [-0.39, 0.29) is 12.4 Å². The van der Waals surface area contributed by atoms with Crippen LogP contribution in [0, 0.1) is 13.8 Å². The number of nitrogens with one attached hydrogen (secondary N) is 1. The van der Waals surface area contributed by atoms with Gasteiger partial charge < -0.3 is 28.3 Å².